The van der Waals surface area contributed by atoms with Gasteiger partial charge in [0.25, 0.3) is 0 Å². The fourth-order valence-corrected chi connectivity index (χ4v) is 2.55. The molecule has 0 radical (unpaired) electrons. The van der Waals surface area contributed by atoms with Crippen molar-refractivity contribution in [3.8, 4) is 0 Å². The first-order valence-corrected chi connectivity index (χ1v) is 8.29. The molecule has 0 atom stereocenters. The molecule has 2 rings (SSSR count). The number of rotatable bonds is 9. The minimum Gasteiger partial charge on any atom is -0.376 e. The minimum atomic E-state index is 0.477. The summed E-state index contributed by atoms with van der Waals surface area (Å²) in [7, 11) is 0. The Balaban J connectivity index is 1.80. The number of aromatic nitrogens is 2. The first kappa shape index (κ1) is 16.0. The molecule has 1 fully saturated rings. The molecule has 1 aromatic heterocycles. The normalized spacial score (nSPS) is 15.3. The predicted molar refractivity (Wildman–Crippen MR) is 86.9 cm³/mol. The molecule has 118 valence electrons. The van der Waals surface area contributed by atoms with E-state index in [1.165, 1.54) is 25.7 Å². The van der Waals surface area contributed by atoms with Crippen LogP contribution >= 0.6 is 0 Å². The van der Waals surface area contributed by atoms with Crippen molar-refractivity contribution in [2.24, 2.45) is 0 Å². The van der Waals surface area contributed by atoms with Crippen LogP contribution in [0.4, 0.5) is 11.6 Å². The largest absolute Gasteiger partial charge is 0.376 e. The van der Waals surface area contributed by atoms with Gasteiger partial charge in [-0.1, -0.05) is 26.7 Å². The van der Waals surface area contributed by atoms with Crippen molar-refractivity contribution in [2.45, 2.75) is 58.5 Å². The van der Waals surface area contributed by atoms with Gasteiger partial charge in [-0.2, -0.15) is 0 Å². The average molecular weight is 292 g/mol. The van der Waals surface area contributed by atoms with Gasteiger partial charge in [-0.15, -0.1) is 0 Å². The first-order chi connectivity index (χ1) is 10.3. The number of hydrogen-bond acceptors (Lipinski definition) is 5. The molecule has 1 saturated carbocycles. The molecular formula is C16H28N4O. The van der Waals surface area contributed by atoms with Crippen molar-refractivity contribution < 1.29 is 4.74 Å². The molecular weight excluding hydrogens is 264 g/mol. The quantitative estimate of drug-likeness (QED) is 0.684. The van der Waals surface area contributed by atoms with Gasteiger partial charge < -0.3 is 15.4 Å². The lowest BCUT2D eigenvalue weighted by atomic mass is 10.3. The fraction of sp³-hybridized carbons (Fsp3) is 0.750. The Kier molecular flexibility index (Phi) is 6.73. The Bertz CT molecular complexity index is 419. The number of nitrogens with one attached hydrogen (secondary N) is 2. The molecule has 5 nitrogen and oxygen atoms in total. The summed E-state index contributed by atoms with van der Waals surface area (Å²) >= 11 is 0. The van der Waals surface area contributed by atoms with Gasteiger partial charge in [-0.25, -0.2) is 9.97 Å². The van der Waals surface area contributed by atoms with Gasteiger partial charge in [0.15, 0.2) is 0 Å². The van der Waals surface area contributed by atoms with E-state index < -0.39 is 0 Å². The molecule has 1 heterocycles. The Hall–Kier alpha value is -1.36. The first-order valence-electron chi connectivity index (χ1n) is 8.29. The van der Waals surface area contributed by atoms with E-state index in [2.05, 4.69) is 34.4 Å². The standard InChI is InChI=1S/C16H28N4O/c1-3-9-17-15-12-16(20-14(4-2)19-15)18-10-11-21-13-7-5-6-8-13/h12-13H,3-11H2,1-2H3,(H2,17,18,19,20). The van der Waals surface area contributed by atoms with Crippen LogP contribution in [0.2, 0.25) is 0 Å². The van der Waals surface area contributed by atoms with Crippen LogP contribution in [0.25, 0.3) is 0 Å². The SMILES string of the molecule is CCCNc1cc(NCCOC2CCCC2)nc(CC)n1. The van der Waals surface area contributed by atoms with E-state index in [1.807, 2.05) is 6.07 Å². The smallest absolute Gasteiger partial charge is 0.132 e. The van der Waals surface area contributed by atoms with Crippen molar-refractivity contribution >= 4 is 11.6 Å². The van der Waals surface area contributed by atoms with Gasteiger partial charge in [0.2, 0.25) is 0 Å². The van der Waals surface area contributed by atoms with Gasteiger partial charge in [0.1, 0.15) is 17.5 Å². The van der Waals surface area contributed by atoms with Gasteiger partial charge in [-0.3, -0.25) is 0 Å². The Morgan fingerprint density at radius 1 is 1.10 bits per heavy atom. The summed E-state index contributed by atoms with van der Waals surface area (Å²) in [4.78, 5) is 9.00. The highest BCUT2D eigenvalue weighted by atomic mass is 16.5. The molecule has 0 unspecified atom stereocenters. The Morgan fingerprint density at radius 2 is 1.76 bits per heavy atom. The van der Waals surface area contributed by atoms with Gasteiger partial charge in [0, 0.05) is 25.6 Å². The van der Waals surface area contributed by atoms with Crippen LogP contribution in [0.3, 0.4) is 0 Å². The molecule has 1 aromatic rings. The summed E-state index contributed by atoms with van der Waals surface area (Å²) in [6.07, 6.45) is 7.48. The van der Waals surface area contributed by atoms with Crippen molar-refractivity contribution in [2.75, 3.05) is 30.3 Å². The topological polar surface area (TPSA) is 59.1 Å². The van der Waals surface area contributed by atoms with Crippen molar-refractivity contribution in [3.05, 3.63) is 11.9 Å². The van der Waals surface area contributed by atoms with Crippen LogP contribution < -0.4 is 10.6 Å². The lowest BCUT2D eigenvalue weighted by Gasteiger charge is -2.13. The van der Waals surface area contributed by atoms with Crippen LogP contribution in [-0.2, 0) is 11.2 Å². The number of anilines is 2. The minimum absolute atomic E-state index is 0.477. The van der Waals surface area contributed by atoms with Crippen molar-refractivity contribution in [1.82, 2.24) is 9.97 Å². The summed E-state index contributed by atoms with van der Waals surface area (Å²) in [6, 6.07) is 1.98. The van der Waals surface area contributed by atoms with E-state index in [0.717, 1.165) is 50.0 Å². The summed E-state index contributed by atoms with van der Waals surface area (Å²) in [6.45, 7) is 6.70. The van der Waals surface area contributed by atoms with E-state index in [-0.39, 0.29) is 0 Å². The highest BCUT2D eigenvalue weighted by Gasteiger charge is 2.14. The zero-order valence-electron chi connectivity index (χ0n) is 13.3. The molecule has 0 aromatic carbocycles. The molecule has 0 bridgehead atoms. The Morgan fingerprint density at radius 3 is 2.38 bits per heavy atom. The fourth-order valence-electron chi connectivity index (χ4n) is 2.55. The molecule has 0 saturated heterocycles. The maximum atomic E-state index is 5.85. The van der Waals surface area contributed by atoms with Gasteiger partial charge >= 0.3 is 0 Å². The van der Waals surface area contributed by atoms with Crippen LogP contribution in [0.1, 0.15) is 51.8 Å². The third-order valence-corrected chi connectivity index (χ3v) is 3.71. The number of hydrogen-bond donors (Lipinski definition) is 2. The molecule has 0 amide bonds. The van der Waals surface area contributed by atoms with Crippen LogP contribution in [0, 0.1) is 0 Å². The summed E-state index contributed by atoms with van der Waals surface area (Å²) in [5, 5.41) is 6.67. The van der Waals surface area contributed by atoms with Gasteiger partial charge in [0.05, 0.1) is 12.7 Å². The molecule has 1 aliphatic rings. The molecule has 0 spiro atoms. The third kappa shape index (κ3) is 5.50. The lowest BCUT2D eigenvalue weighted by molar-refractivity contribution is 0.0658. The van der Waals surface area contributed by atoms with E-state index in [0.29, 0.717) is 6.10 Å². The maximum Gasteiger partial charge on any atom is 0.132 e. The second-order valence-electron chi connectivity index (χ2n) is 5.54. The lowest BCUT2D eigenvalue weighted by Crippen LogP contribution is -2.16. The second kappa shape index (κ2) is 8.82. The number of ether oxygens (including phenoxy) is 1. The van der Waals surface area contributed by atoms with E-state index in [1.54, 1.807) is 0 Å². The molecule has 2 N–H and O–H groups in total. The predicted octanol–water partition coefficient (Wildman–Crippen LogP) is 3.23. The zero-order valence-corrected chi connectivity index (χ0v) is 13.3. The Labute approximate surface area is 127 Å². The van der Waals surface area contributed by atoms with Crippen molar-refractivity contribution in [1.29, 1.82) is 0 Å². The van der Waals surface area contributed by atoms with E-state index in [4.69, 9.17) is 4.74 Å². The zero-order chi connectivity index (χ0) is 14.9. The average Bonchev–Trinajstić information content (AvgIpc) is 3.02. The van der Waals surface area contributed by atoms with Crippen molar-refractivity contribution in [3.63, 3.8) is 0 Å². The summed E-state index contributed by atoms with van der Waals surface area (Å²) < 4.78 is 5.85. The second-order valence-corrected chi connectivity index (χ2v) is 5.54. The van der Waals surface area contributed by atoms with Crippen LogP contribution in [0.5, 0.6) is 0 Å². The summed E-state index contributed by atoms with van der Waals surface area (Å²) in [5.41, 5.74) is 0. The van der Waals surface area contributed by atoms with Crippen LogP contribution in [-0.4, -0.2) is 35.8 Å². The summed E-state index contributed by atoms with van der Waals surface area (Å²) in [5.74, 6) is 2.66. The third-order valence-electron chi connectivity index (χ3n) is 3.71. The van der Waals surface area contributed by atoms with E-state index >= 15 is 0 Å². The molecule has 5 heteroatoms. The highest BCUT2D eigenvalue weighted by molar-refractivity contribution is 5.47. The molecule has 1 aliphatic carbocycles. The van der Waals surface area contributed by atoms with Crippen LogP contribution in [0.15, 0.2) is 6.07 Å². The number of nitrogens with zero attached hydrogens (tertiary/aromatic N) is 2. The highest BCUT2D eigenvalue weighted by Crippen LogP contribution is 2.20. The monoisotopic (exact) mass is 292 g/mol. The van der Waals surface area contributed by atoms with E-state index in [9.17, 15) is 0 Å². The molecule has 21 heavy (non-hydrogen) atoms. The maximum absolute atomic E-state index is 5.85. The van der Waals surface area contributed by atoms with Gasteiger partial charge in [-0.05, 0) is 19.3 Å². The number of aryl methyl sites for hydroxylation is 1. The molecule has 0 aliphatic heterocycles.